The third kappa shape index (κ3) is 6.74. The fourth-order valence-electron chi connectivity index (χ4n) is 2.98. The summed E-state index contributed by atoms with van der Waals surface area (Å²) in [6.45, 7) is 4.90. The Morgan fingerprint density at radius 1 is 1.19 bits per heavy atom. The number of rotatable bonds is 10. The summed E-state index contributed by atoms with van der Waals surface area (Å²) in [5.74, 6) is 1.25. The second-order valence-corrected chi connectivity index (χ2v) is 9.30. The van der Waals surface area contributed by atoms with Gasteiger partial charge in [-0.1, -0.05) is 29.4 Å². The quantitative estimate of drug-likeness (QED) is 0.307. The van der Waals surface area contributed by atoms with Crippen LogP contribution >= 0.6 is 7.60 Å². The van der Waals surface area contributed by atoms with Crippen LogP contribution in [0, 0.1) is 11.3 Å². The monoisotopic (exact) mass is 456 g/mol. The van der Waals surface area contributed by atoms with Gasteiger partial charge in [0.25, 0.3) is 5.89 Å². The van der Waals surface area contributed by atoms with Gasteiger partial charge in [0.1, 0.15) is 11.8 Å². The highest BCUT2D eigenvalue weighted by atomic mass is 31.2. The smallest absolute Gasteiger partial charge is 0.325 e. The van der Waals surface area contributed by atoms with Gasteiger partial charge >= 0.3 is 7.60 Å². The molecule has 0 aliphatic heterocycles. The number of hydrogen-bond acceptors (Lipinski definition) is 7. The zero-order valence-electron chi connectivity index (χ0n) is 17.9. The maximum atomic E-state index is 10.8. The lowest BCUT2D eigenvalue weighted by atomic mass is 10.1. The molecule has 0 radical (unpaired) electrons. The van der Waals surface area contributed by atoms with Gasteiger partial charge in [-0.25, -0.2) is 0 Å². The number of nitriles is 1. The average molecular weight is 456 g/mol. The minimum Gasteiger partial charge on any atom is -0.490 e. The first-order valence-corrected chi connectivity index (χ1v) is 11.9. The molecule has 0 saturated heterocycles. The molecule has 1 aromatic heterocycles. The van der Waals surface area contributed by atoms with E-state index in [4.69, 9.17) is 19.0 Å². The molecule has 0 saturated carbocycles. The van der Waals surface area contributed by atoms with Crippen LogP contribution in [0.2, 0.25) is 0 Å². The van der Waals surface area contributed by atoms with Crippen molar-refractivity contribution >= 4 is 7.60 Å². The number of ether oxygens (including phenoxy) is 1. The number of nitrogens with one attached hydrogen (secondary N) is 1. The third-order valence-corrected chi connectivity index (χ3v) is 5.38. The normalized spacial score (nSPS) is 11.5. The molecule has 1 heterocycles. The highest BCUT2D eigenvalue weighted by Gasteiger charge is 2.14. The molecule has 0 unspecified atom stereocenters. The summed E-state index contributed by atoms with van der Waals surface area (Å²) in [5.41, 5.74) is 2.83. The fourth-order valence-corrected chi connectivity index (χ4v) is 3.55. The van der Waals surface area contributed by atoms with E-state index in [2.05, 4.69) is 21.5 Å². The summed E-state index contributed by atoms with van der Waals surface area (Å²) in [6, 6.07) is 14.9. The van der Waals surface area contributed by atoms with Crippen LogP contribution in [0.3, 0.4) is 0 Å². The van der Waals surface area contributed by atoms with Crippen LogP contribution in [0.1, 0.15) is 31.4 Å². The Morgan fingerprint density at radius 2 is 1.91 bits per heavy atom. The van der Waals surface area contributed by atoms with Crippen LogP contribution in [0.25, 0.3) is 22.8 Å². The van der Waals surface area contributed by atoms with E-state index >= 15 is 0 Å². The molecule has 9 nitrogen and oxygen atoms in total. The van der Waals surface area contributed by atoms with E-state index in [-0.39, 0.29) is 12.3 Å². The third-order valence-electron chi connectivity index (χ3n) is 4.48. The maximum absolute atomic E-state index is 10.8. The second kappa shape index (κ2) is 10.5. The standard InChI is InChI=1S/C22H25N4O5P/c1-15(2)30-20-9-8-18(12-19(20)13-23)22-25-21(26-31-22)17-6-4-16(5-7-17)14-24-10-3-11-32(27,28)29/h4-9,12,15,24H,3,10-11,14H2,1-2H3,(H2,27,28,29). The number of hydrogen-bond donors (Lipinski definition) is 3. The molecule has 0 amide bonds. The van der Waals surface area contributed by atoms with Crippen molar-refractivity contribution in [1.29, 1.82) is 5.26 Å². The predicted octanol–water partition coefficient (Wildman–Crippen LogP) is 3.72. The van der Waals surface area contributed by atoms with Crippen LogP contribution in [-0.2, 0) is 11.1 Å². The van der Waals surface area contributed by atoms with Gasteiger partial charge in [-0.05, 0) is 50.6 Å². The van der Waals surface area contributed by atoms with E-state index in [0.29, 0.717) is 48.1 Å². The van der Waals surface area contributed by atoms with Crippen molar-refractivity contribution in [3.05, 3.63) is 53.6 Å². The van der Waals surface area contributed by atoms with Gasteiger partial charge in [-0.15, -0.1) is 0 Å². The Hall–Kier alpha value is -3.02. The fraction of sp³-hybridized carbons (Fsp3) is 0.318. The largest absolute Gasteiger partial charge is 0.490 e. The van der Waals surface area contributed by atoms with Crippen LogP contribution in [0.4, 0.5) is 0 Å². The van der Waals surface area contributed by atoms with Gasteiger partial charge in [0.15, 0.2) is 0 Å². The molecule has 0 atom stereocenters. The maximum Gasteiger partial charge on any atom is 0.325 e. The van der Waals surface area contributed by atoms with Crippen molar-refractivity contribution in [2.24, 2.45) is 0 Å². The van der Waals surface area contributed by atoms with Gasteiger partial charge in [-0.3, -0.25) is 4.57 Å². The molecule has 0 spiro atoms. The lowest BCUT2D eigenvalue weighted by molar-refractivity contribution is 0.241. The Kier molecular flexibility index (Phi) is 7.78. The van der Waals surface area contributed by atoms with E-state index in [9.17, 15) is 9.83 Å². The van der Waals surface area contributed by atoms with Crippen molar-refractivity contribution < 1.29 is 23.6 Å². The Labute approximate surface area is 186 Å². The molecule has 168 valence electrons. The van der Waals surface area contributed by atoms with E-state index in [1.54, 1.807) is 18.2 Å². The number of benzene rings is 2. The second-order valence-electron chi connectivity index (χ2n) is 7.53. The average Bonchev–Trinajstić information content (AvgIpc) is 3.23. The highest BCUT2D eigenvalue weighted by Crippen LogP contribution is 2.34. The summed E-state index contributed by atoms with van der Waals surface area (Å²) >= 11 is 0. The van der Waals surface area contributed by atoms with Gasteiger partial charge < -0.3 is 24.4 Å². The van der Waals surface area contributed by atoms with Crippen LogP contribution in [0.15, 0.2) is 47.0 Å². The Morgan fingerprint density at radius 3 is 2.56 bits per heavy atom. The van der Waals surface area contributed by atoms with Crippen molar-refractivity contribution in [1.82, 2.24) is 15.5 Å². The summed E-state index contributed by atoms with van der Waals surface area (Å²) in [6.07, 6.45) is 0.245. The number of aromatic nitrogens is 2. The van der Waals surface area contributed by atoms with Gasteiger partial charge in [0, 0.05) is 17.7 Å². The molecule has 3 aromatic rings. The van der Waals surface area contributed by atoms with Crippen molar-refractivity contribution in [3.8, 4) is 34.7 Å². The molecule has 0 fully saturated rings. The molecule has 3 N–H and O–H groups in total. The molecule has 2 aromatic carbocycles. The van der Waals surface area contributed by atoms with Gasteiger partial charge in [-0.2, -0.15) is 10.2 Å². The zero-order chi connectivity index (χ0) is 23.1. The first-order valence-electron chi connectivity index (χ1n) is 10.1. The van der Waals surface area contributed by atoms with Gasteiger partial charge in [0.05, 0.1) is 17.8 Å². The van der Waals surface area contributed by atoms with E-state index in [1.165, 1.54) is 0 Å². The van der Waals surface area contributed by atoms with E-state index < -0.39 is 7.60 Å². The molecular formula is C22H25N4O5P. The summed E-state index contributed by atoms with van der Waals surface area (Å²) in [5, 5.41) is 16.6. The van der Waals surface area contributed by atoms with E-state index in [0.717, 1.165) is 11.1 Å². The minimum atomic E-state index is -3.94. The van der Waals surface area contributed by atoms with Crippen LogP contribution in [0.5, 0.6) is 5.75 Å². The lowest BCUT2D eigenvalue weighted by Crippen LogP contribution is -2.15. The van der Waals surface area contributed by atoms with Gasteiger partial charge in [0.2, 0.25) is 5.82 Å². The lowest BCUT2D eigenvalue weighted by Gasteiger charge is -2.11. The molecule has 0 aliphatic carbocycles. The zero-order valence-corrected chi connectivity index (χ0v) is 18.7. The Balaban J connectivity index is 1.63. The van der Waals surface area contributed by atoms with E-state index in [1.807, 2.05) is 38.1 Å². The predicted molar refractivity (Wildman–Crippen MR) is 119 cm³/mol. The highest BCUT2D eigenvalue weighted by molar-refractivity contribution is 7.51. The Bertz CT molecular complexity index is 1130. The van der Waals surface area contributed by atoms with Crippen LogP contribution in [-0.4, -0.2) is 38.7 Å². The van der Waals surface area contributed by atoms with Crippen molar-refractivity contribution in [2.45, 2.75) is 32.9 Å². The van der Waals surface area contributed by atoms with Crippen molar-refractivity contribution in [3.63, 3.8) is 0 Å². The first-order chi connectivity index (χ1) is 15.2. The summed E-state index contributed by atoms with van der Waals surface area (Å²) in [7, 11) is -3.94. The first kappa shape index (κ1) is 23.6. The molecule has 10 heteroatoms. The number of nitrogens with zero attached hydrogens (tertiary/aromatic N) is 3. The SMILES string of the molecule is CC(C)Oc1ccc(-c2nc(-c3ccc(CNCCCP(=O)(O)O)cc3)no2)cc1C#N. The molecule has 0 bridgehead atoms. The summed E-state index contributed by atoms with van der Waals surface area (Å²) in [4.78, 5) is 22.2. The molecule has 32 heavy (non-hydrogen) atoms. The topological polar surface area (TPSA) is 142 Å². The van der Waals surface area contributed by atoms with Crippen LogP contribution < -0.4 is 10.1 Å². The molecule has 0 aliphatic rings. The summed E-state index contributed by atoms with van der Waals surface area (Å²) < 4.78 is 21.9. The van der Waals surface area contributed by atoms with Crippen molar-refractivity contribution in [2.75, 3.05) is 12.7 Å². The minimum absolute atomic E-state index is 0.0409. The molecule has 3 rings (SSSR count). The molecular weight excluding hydrogens is 431 g/mol.